The molecule has 1 unspecified atom stereocenters. The maximum atomic E-state index is 13.3. The Bertz CT molecular complexity index is 616. The first-order chi connectivity index (χ1) is 11.6. The molecule has 7 heteroatoms. The van der Waals surface area contributed by atoms with Gasteiger partial charge >= 0.3 is 6.03 Å². The number of nitrogens with zero attached hydrogens (tertiary/aromatic N) is 3. The fourth-order valence-electron chi connectivity index (χ4n) is 3.23. The summed E-state index contributed by atoms with van der Waals surface area (Å²) in [6.07, 6.45) is 0.247. The summed E-state index contributed by atoms with van der Waals surface area (Å²) >= 11 is 0. The first kappa shape index (κ1) is 16.7. The maximum Gasteiger partial charge on any atom is 0.317 e. The number of benzene rings is 1. The van der Waals surface area contributed by atoms with Crippen molar-refractivity contribution in [2.45, 2.75) is 19.4 Å². The van der Waals surface area contributed by atoms with Crippen molar-refractivity contribution >= 4 is 17.6 Å². The van der Waals surface area contributed by atoms with Gasteiger partial charge in [-0.1, -0.05) is 13.0 Å². The third-order valence-corrected chi connectivity index (χ3v) is 4.68. The lowest BCUT2D eigenvalue weighted by molar-refractivity contribution is -0.117. The number of rotatable bonds is 3. The Hall–Kier alpha value is -2.15. The van der Waals surface area contributed by atoms with Crippen LogP contribution in [-0.2, 0) is 4.79 Å². The Balaban J connectivity index is 1.55. The summed E-state index contributed by atoms with van der Waals surface area (Å²) in [6.45, 7) is 6.65. The van der Waals surface area contributed by atoms with Gasteiger partial charge in [0.25, 0.3) is 0 Å². The van der Waals surface area contributed by atoms with Gasteiger partial charge in [-0.15, -0.1) is 0 Å². The standard InChI is InChI=1S/C17H23FN4O2/c1-2-20-6-8-21(9-7-20)17(24)19-14-11-16(23)22(12-14)15-5-3-4-13(18)10-15/h3-5,10,14H,2,6-9,11-12H2,1H3,(H,19,24). The summed E-state index contributed by atoms with van der Waals surface area (Å²) in [5, 5.41) is 2.94. The third kappa shape index (κ3) is 3.67. The monoisotopic (exact) mass is 334 g/mol. The predicted molar refractivity (Wildman–Crippen MR) is 89.4 cm³/mol. The van der Waals surface area contributed by atoms with E-state index in [0.717, 1.165) is 19.6 Å². The second kappa shape index (κ2) is 7.17. The van der Waals surface area contributed by atoms with Crippen LogP contribution in [0.1, 0.15) is 13.3 Å². The van der Waals surface area contributed by atoms with Crippen molar-refractivity contribution in [3.8, 4) is 0 Å². The van der Waals surface area contributed by atoms with Gasteiger partial charge in [-0.25, -0.2) is 9.18 Å². The van der Waals surface area contributed by atoms with E-state index < -0.39 is 0 Å². The summed E-state index contributed by atoms with van der Waals surface area (Å²) in [4.78, 5) is 30.2. The number of halogens is 1. The molecule has 3 rings (SSSR count). The summed E-state index contributed by atoms with van der Waals surface area (Å²) in [5.41, 5.74) is 0.535. The molecule has 0 radical (unpaired) electrons. The average molecular weight is 334 g/mol. The van der Waals surface area contributed by atoms with Gasteiger partial charge < -0.3 is 20.0 Å². The minimum absolute atomic E-state index is 0.0956. The van der Waals surface area contributed by atoms with Crippen LogP contribution in [0.5, 0.6) is 0 Å². The molecule has 2 aliphatic rings. The Kier molecular flexibility index (Phi) is 4.99. The first-order valence-electron chi connectivity index (χ1n) is 8.40. The largest absolute Gasteiger partial charge is 0.333 e. The lowest BCUT2D eigenvalue weighted by Crippen LogP contribution is -2.53. The van der Waals surface area contributed by atoms with E-state index in [4.69, 9.17) is 0 Å². The number of nitrogens with one attached hydrogen (secondary N) is 1. The van der Waals surface area contributed by atoms with Crippen LogP contribution in [0, 0.1) is 5.82 Å². The van der Waals surface area contributed by atoms with Crippen LogP contribution in [0.3, 0.4) is 0 Å². The molecule has 2 saturated heterocycles. The first-order valence-corrected chi connectivity index (χ1v) is 8.40. The van der Waals surface area contributed by atoms with E-state index in [2.05, 4.69) is 17.1 Å². The van der Waals surface area contributed by atoms with Crippen molar-refractivity contribution in [3.05, 3.63) is 30.1 Å². The van der Waals surface area contributed by atoms with Crippen molar-refractivity contribution in [1.82, 2.24) is 15.1 Å². The molecule has 0 spiro atoms. The van der Waals surface area contributed by atoms with Crippen LogP contribution < -0.4 is 10.2 Å². The highest BCUT2D eigenvalue weighted by molar-refractivity contribution is 5.96. The number of urea groups is 1. The lowest BCUT2D eigenvalue weighted by Gasteiger charge is -2.34. The van der Waals surface area contributed by atoms with E-state index in [-0.39, 0.29) is 30.2 Å². The van der Waals surface area contributed by atoms with Crippen LogP contribution >= 0.6 is 0 Å². The molecule has 24 heavy (non-hydrogen) atoms. The van der Waals surface area contributed by atoms with E-state index >= 15 is 0 Å². The average Bonchev–Trinajstić information content (AvgIpc) is 2.95. The molecular weight excluding hydrogens is 311 g/mol. The molecule has 2 fully saturated rings. The number of carbonyl (C=O) groups is 2. The van der Waals surface area contributed by atoms with Crippen LogP contribution in [0.25, 0.3) is 0 Å². The summed E-state index contributed by atoms with van der Waals surface area (Å²) in [7, 11) is 0. The molecule has 1 N–H and O–H groups in total. The number of anilines is 1. The van der Waals surface area contributed by atoms with E-state index in [1.54, 1.807) is 17.0 Å². The summed E-state index contributed by atoms with van der Waals surface area (Å²) < 4.78 is 13.3. The highest BCUT2D eigenvalue weighted by Crippen LogP contribution is 2.22. The second-order valence-corrected chi connectivity index (χ2v) is 6.26. The van der Waals surface area contributed by atoms with Crippen molar-refractivity contribution < 1.29 is 14.0 Å². The molecule has 0 aromatic heterocycles. The van der Waals surface area contributed by atoms with Gasteiger partial charge in [-0.2, -0.15) is 0 Å². The number of hydrogen-bond donors (Lipinski definition) is 1. The molecule has 0 bridgehead atoms. The van der Waals surface area contributed by atoms with E-state index in [0.29, 0.717) is 25.3 Å². The number of likely N-dealkylation sites (N-methyl/N-ethyl adjacent to an activating group) is 1. The van der Waals surface area contributed by atoms with Gasteiger partial charge in [0.2, 0.25) is 5.91 Å². The molecule has 0 saturated carbocycles. The van der Waals surface area contributed by atoms with Gasteiger partial charge in [-0.3, -0.25) is 4.79 Å². The number of hydrogen-bond acceptors (Lipinski definition) is 3. The summed E-state index contributed by atoms with van der Waals surface area (Å²) in [6, 6.07) is 5.61. The normalized spacial score (nSPS) is 22.1. The second-order valence-electron chi connectivity index (χ2n) is 6.26. The molecule has 2 aliphatic heterocycles. The van der Waals surface area contributed by atoms with Crippen LogP contribution in [0.4, 0.5) is 14.9 Å². The minimum Gasteiger partial charge on any atom is -0.333 e. The van der Waals surface area contributed by atoms with E-state index in [9.17, 15) is 14.0 Å². The Morgan fingerprint density at radius 3 is 2.71 bits per heavy atom. The van der Waals surface area contributed by atoms with Crippen molar-refractivity contribution in [1.29, 1.82) is 0 Å². The van der Waals surface area contributed by atoms with Gasteiger partial charge in [0.1, 0.15) is 5.82 Å². The quantitative estimate of drug-likeness (QED) is 0.906. The van der Waals surface area contributed by atoms with Crippen molar-refractivity contribution in [2.75, 3.05) is 44.2 Å². The molecule has 6 nitrogen and oxygen atoms in total. The lowest BCUT2D eigenvalue weighted by atomic mass is 10.2. The molecule has 2 heterocycles. The highest BCUT2D eigenvalue weighted by atomic mass is 19.1. The van der Waals surface area contributed by atoms with Gasteiger partial charge in [-0.05, 0) is 24.7 Å². The molecule has 3 amide bonds. The fraction of sp³-hybridized carbons (Fsp3) is 0.529. The highest BCUT2D eigenvalue weighted by Gasteiger charge is 2.33. The summed E-state index contributed by atoms with van der Waals surface area (Å²) in [5.74, 6) is -0.469. The molecule has 1 aromatic rings. The van der Waals surface area contributed by atoms with Gasteiger partial charge in [0.15, 0.2) is 0 Å². The topological polar surface area (TPSA) is 55.9 Å². The third-order valence-electron chi connectivity index (χ3n) is 4.68. The SMILES string of the molecule is CCN1CCN(C(=O)NC2CC(=O)N(c3cccc(F)c3)C2)CC1. The van der Waals surface area contributed by atoms with Crippen LogP contribution in [0.2, 0.25) is 0 Å². The number of carbonyl (C=O) groups excluding carboxylic acids is 2. The predicted octanol–water partition coefficient (Wildman–Crippen LogP) is 1.28. The molecule has 1 atom stereocenters. The number of amides is 3. The minimum atomic E-state index is -0.374. The van der Waals surface area contributed by atoms with E-state index in [1.807, 2.05) is 0 Å². The molecule has 0 aliphatic carbocycles. The zero-order valence-corrected chi connectivity index (χ0v) is 13.9. The van der Waals surface area contributed by atoms with E-state index in [1.165, 1.54) is 17.0 Å². The van der Waals surface area contributed by atoms with Crippen LogP contribution in [-0.4, -0.2) is 67.0 Å². The fourth-order valence-corrected chi connectivity index (χ4v) is 3.23. The Morgan fingerprint density at radius 1 is 1.29 bits per heavy atom. The van der Waals surface area contributed by atoms with Crippen molar-refractivity contribution in [2.24, 2.45) is 0 Å². The van der Waals surface area contributed by atoms with Gasteiger partial charge in [0.05, 0.1) is 6.04 Å². The molecule has 1 aromatic carbocycles. The maximum absolute atomic E-state index is 13.3. The van der Waals surface area contributed by atoms with Crippen LogP contribution in [0.15, 0.2) is 24.3 Å². The van der Waals surface area contributed by atoms with Crippen molar-refractivity contribution in [3.63, 3.8) is 0 Å². The van der Waals surface area contributed by atoms with Gasteiger partial charge in [0, 0.05) is 44.8 Å². The smallest absolute Gasteiger partial charge is 0.317 e. The zero-order valence-electron chi connectivity index (χ0n) is 13.9. The Labute approximate surface area is 141 Å². The Morgan fingerprint density at radius 2 is 2.04 bits per heavy atom. The zero-order chi connectivity index (χ0) is 17.1. The molecular formula is C17H23FN4O2. The number of piperazine rings is 1. The molecule has 130 valence electrons.